The van der Waals surface area contributed by atoms with Gasteiger partial charge in [-0.3, -0.25) is 4.72 Å². The van der Waals surface area contributed by atoms with Gasteiger partial charge in [-0.15, -0.1) is 0 Å². The molecule has 6 rings (SSSR count). The van der Waals surface area contributed by atoms with Crippen molar-refractivity contribution in [2.24, 2.45) is 0 Å². The number of carbonyl (C=O) groups excluding carboxylic acids is 1. The number of cyclic esters (lactones) is 1. The van der Waals surface area contributed by atoms with Crippen LogP contribution in [0.15, 0.2) is 138 Å². The Morgan fingerprint density at radius 3 is 2.11 bits per heavy atom. The summed E-state index contributed by atoms with van der Waals surface area (Å²) in [6.45, 7) is 1.93. The molecule has 0 saturated carbocycles. The lowest BCUT2D eigenvalue weighted by molar-refractivity contribution is -0.161. The number of aliphatic hydroxyl groups is 1. The van der Waals surface area contributed by atoms with Gasteiger partial charge in [-0.05, 0) is 79.1 Å². The number of aryl methyl sites for hydroxylation is 2. The van der Waals surface area contributed by atoms with Gasteiger partial charge >= 0.3 is 5.97 Å². The molecule has 1 aromatic heterocycles. The first-order chi connectivity index (χ1) is 22.7. The van der Waals surface area contributed by atoms with E-state index in [1.54, 1.807) is 30.3 Å². The van der Waals surface area contributed by atoms with Gasteiger partial charge in [0.15, 0.2) is 5.03 Å². The minimum atomic E-state index is -3.99. The van der Waals surface area contributed by atoms with Crippen molar-refractivity contribution >= 4 is 32.6 Å². The number of benzene rings is 4. The number of nitrogens with zero attached hydrogens (tertiary/aromatic N) is 1. The number of carbonyl (C=O) groups is 1. The van der Waals surface area contributed by atoms with Crippen molar-refractivity contribution in [2.75, 3.05) is 4.72 Å². The molecule has 0 aliphatic carbocycles. The van der Waals surface area contributed by atoms with E-state index in [0.717, 1.165) is 16.5 Å². The molecule has 2 heterocycles. The molecular formula is C39H38N2O5S. The van der Waals surface area contributed by atoms with Crippen LogP contribution in [-0.4, -0.2) is 30.1 Å². The number of fused-ring (bicyclic) bond motifs is 1. The maximum Gasteiger partial charge on any atom is 0.338 e. The zero-order chi connectivity index (χ0) is 32.9. The quantitative estimate of drug-likeness (QED) is 0.132. The van der Waals surface area contributed by atoms with Crippen LogP contribution in [0.3, 0.4) is 0 Å². The van der Waals surface area contributed by atoms with Crippen molar-refractivity contribution in [3.8, 4) is 0 Å². The average molecular weight is 647 g/mol. The van der Waals surface area contributed by atoms with Crippen molar-refractivity contribution in [3.63, 3.8) is 0 Å². The monoisotopic (exact) mass is 646 g/mol. The number of esters is 1. The van der Waals surface area contributed by atoms with Crippen LogP contribution in [0.25, 0.3) is 10.9 Å². The number of para-hydroxylation sites is 1. The van der Waals surface area contributed by atoms with Gasteiger partial charge in [0, 0.05) is 23.4 Å². The van der Waals surface area contributed by atoms with Crippen molar-refractivity contribution in [3.05, 3.63) is 149 Å². The second-order valence-electron chi connectivity index (χ2n) is 12.1. The predicted octanol–water partition coefficient (Wildman–Crippen LogP) is 8.29. The molecule has 1 aliphatic rings. The Labute approximate surface area is 276 Å². The molecule has 1 aliphatic heterocycles. The van der Waals surface area contributed by atoms with Crippen LogP contribution < -0.4 is 4.72 Å². The lowest BCUT2D eigenvalue weighted by Crippen LogP contribution is -2.42. The Morgan fingerprint density at radius 1 is 0.830 bits per heavy atom. The van der Waals surface area contributed by atoms with Crippen LogP contribution in [-0.2, 0) is 32.4 Å². The molecule has 0 radical (unpaired) electrons. The molecule has 2 N–H and O–H groups in total. The molecule has 47 heavy (non-hydrogen) atoms. The van der Waals surface area contributed by atoms with Gasteiger partial charge in [0.2, 0.25) is 0 Å². The number of hydrogen-bond acceptors (Lipinski definition) is 6. The summed E-state index contributed by atoms with van der Waals surface area (Å²) in [7, 11) is -3.99. The first kappa shape index (κ1) is 32.0. The van der Waals surface area contributed by atoms with Crippen LogP contribution in [0.1, 0.15) is 55.2 Å². The van der Waals surface area contributed by atoms with E-state index in [2.05, 4.69) is 34.0 Å². The summed E-state index contributed by atoms with van der Waals surface area (Å²) in [6, 6.07) is 37.6. The fourth-order valence-electron chi connectivity index (χ4n) is 6.42. The number of aromatic nitrogens is 1. The number of ether oxygens (including phenoxy) is 1. The first-order valence-electron chi connectivity index (χ1n) is 16.0. The normalized spacial score (nSPS) is 15.3. The third-order valence-corrected chi connectivity index (χ3v) is 10.2. The van der Waals surface area contributed by atoms with Crippen LogP contribution >= 0.6 is 0 Å². The topological polar surface area (TPSA) is 106 Å². The number of sulfonamides is 1. The second-order valence-corrected chi connectivity index (χ2v) is 13.7. The molecular weight excluding hydrogens is 609 g/mol. The number of pyridine rings is 1. The van der Waals surface area contributed by atoms with E-state index in [4.69, 9.17) is 4.74 Å². The summed E-state index contributed by atoms with van der Waals surface area (Å²) < 4.78 is 35.6. The van der Waals surface area contributed by atoms with Crippen molar-refractivity contribution < 1.29 is 23.1 Å². The van der Waals surface area contributed by atoms with E-state index in [1.165, 1.54) is 6.07 Å². The Morgan fingerprint density at radius 2 is 1.47 bits per heavy atom. The van der Waals surface area contributed by atoms with E-state index in [1.807, 2.05) is 67.6 Å². The molecule has 0 saturated heterocycles. The Bertz CT molecular complexity index is 1970. The Kier molecular flexibility index (Phi) is 9.41. The average Bonchev–Trinajstić information content (AvgIpc) is 3.09. The Balaban J connectivity index is 1.25. The molecule has 7 nitrogen and oxygen atoms in total. The number of rotatable bonds is 12. The van der Waals surface area contributed by atoms with Gasteiger partial charge in [-0.2, -0.15) is 8.42 Å². The smallest absolute Gasteiger partial charge is 0.338 e. The number of nitrogens with one attached hydrogen (secondary N) is 1. The fraction of sp³-hybridized carbons (Fsp3) is 0.231. The highest BCUT2D eigenvalue weighted by molar-refractivity contribution is 7.92. The zero-order valence-electron chi connectivity index (χ0n) is 26.3. The number of hydrogen-bond donors (Lipinski definition) is 2. The molecule has 1 unspecified atom stereocenters. The van der Waals surface area contributed by atoms with E-state index in [0.29, 0.717) is 48.9 Å². The highest BCUT2D eigenvalue weighted by atomic mass is 32.2. The van der Waals surface area contributed by atoms with Gasteiger partial charge in [0.1, 0.15) is 11.4 Å². The largest absolute Gasteiger partial charge is 0.512 e. The van der Waals surface area contributed by atoms with Gasteiger partial charge < -0.3 is 9.84 Å². The third kappa shape index (κ3) is 7.39. The minimum Gasteiger partial charge on any atom is -0.512 e. The summed E-state index contributed by atoms with van der Waals surface area (Å²) in [5, 5.41) is 12.3. The van der Waals surface area contributed by atoms with Crippen molar-refractivity contribution in [1.82, 2.24) is 4.98 Å². The summed E-state index contributed by atoms with van der Waals surface area (Å²) in [4.78, 5) is 18.2. The fourth-order valence-corrected chi connectivity index (χ4v) is 7.42. The van der Waals surface area contributed by atoms with Crippen LogP contribution in [0.2, 0.25) is 0 Å². The van der Waals surface area contributed by atoms with Gasteiger partial charge in [-0.25, -0.2) is 9.78 Å². The highest BCUT2D eigenvalue weighted by Crippen LogP contribution is 2.42. The standard InChI is InChI=1S/C39H38N2O5S/c1-2-33(31-17-11-18-32(26-31)41-47(44,45)36-21-20-30-16-9-10-19-34(30)40-36)37-35(42)27-39(46-38(37)43,24-22-28-12-5-3-6-13-28)25-23-29-14-7-4-8-15-29/h3-21,26,33,41-42H,2,22-25,27H2,1H3. The molecule has 0 fully saturated rings. The van der Waals surface area contributed by atoms with Gasteiger partial charge in [0.05, 0.1) is 11.1 Å². The number of aliphatic hydroxyl groups excluding tert-OH is 1. The molecule has 0 spiro atoms. The van der Waals surface area contributed by atoms with Gasteiger partial charge in [-0.1, -0.05) is 97.9 Å². The molecule has 8 heteroatoms. The van der Waals surface area contributed by atoms with E-state index < -0.39 is 27.5 Å². The molecule has 4 aromatic carbocycles. The first-order valence-corrected chi connectivity index (χ1v) is 17.5. The van der Waals surface area contributed by atoms with E-state index in [-0.39, 0.29) is 22.8 Å². The van der Waals surface area contributed by atoms with Crippen molar-refractivity contribution in [2.45, 2.75) is 62.0 Å². The zero-order valence-corrected chi connectivity index (χ0v) is 27.1. The maximum absolute atomic E-state index is 13.9. The van der Waals surface area contributed by atoms with Crippen LogP contribution in [0.5, 0.6) is 0 Å². The summed E-state index contributed by atoms with van der Waals surface area (Å²) in [6.07, 6.45) is 3.27. The maximum atomic E-state index is 13.9. The summed E-state index contributed by atoms with van der Waals surface area (Å²) in [5.74, 6) is -0.999. The molecule has 0 bridgehead atoms. The van der Waals surface area contributed by atoms with E-state index >= 15 is 0 Å². The highest BCUT2D eigenvalue weighted by Gasteiger charge is 2.43. The minimum absolute atomic E-state index is 0.0283. The second kappa shape index (κ2) is 13.8. The van der Waals surface area contributed by atoms with Crippen molar-refractivity contribution in [1.29, 1.82) is 0 Å². The predicted molar refractivity (Wildman–Crippen MR) is 185 cm³/mol. The molecule has 0 amide bonds. The summed E-state index contributed by atoms with van der Waals surface area (Å²) in [5.41, 5.74) is 3.25. The summed E-state index contributed by atoms with van der Waals surface area (Å²) >= 11 is 0. The molecule has 5 aromatic rings. The third-order valence-electron chi connectivity index (χ3n) is 8.90. The van der Waals surface area contributed by atoms with E-state index in [9.17, 15) is 18.3 Å². The number of anilines is 1. The SMILES string of the molecule is CCC(C1=C(O)CC(CCc2ccccc2)(CCc2ccccc2)OC1=O)c1cccc(NS(=O)(=O)c2ccc3ccccc3n2)c1. The Hall–Kier alpha value is -4.95. The van der Waals surface area contributed by atoms with Crippen LogP contribution in [0, 0.1) is 0 Å². The molecule has 240 valence electrons. The van der Waals surface area contributed by atoms with Gasteiger partial charge in [0.25, 0.3) is 10.0 Å². The molecule has 1 atom stereocenters. The van der Waals surface area contributed by atoms with Crippen LogP contribution in [0.4, 0.5) is 5.69 Å². The lowest BCUT2D eigenvalue weighted by atomic mass is 9.79. The lowest BCUT2D eigenvalue weighted by Gasteiger charge is -2.39.